The summed E-state index contributed by atoms with van der Waals surface area (Å²) in [4.78, 5) is 24.4. The van der Waals surface area contributed by atoms with Crippen molar-refractivity contribution in [2.24, 2.45) is 46.3 Å². The van der Waals surface area contributed by atoms with E-state index in [9.17, 15) is 31.5 Å². The first-order chi connectivity index (χ1) is 23.7. The van der Waals surface area contributed by atoms with Gasteiger partial charge in [0, 0.05) is 13.0 Å². The number of hydrogen-bond acceptors (Lipinski definition) is 5. The number of halogens is 5. The van der Waals surface area contributed by atoms with Crippen LogP contribution in [0.1, 0.15) is 112 Å². The van der Waals surface area contributed by atoms with Gasteiger partial charge in [-0.1, -0.05) is 65.5 Å². The minimum absolute atomic E-state index is 0.000464. The summed E-state index contributed by atoms with van der Waals surface area (Å²) in [6.07, 6.45) is 14.2. The second-order valence-electron chi connectivity index (χ2n) is 16.2. The lowest BCUT2D eigenvalue weighted by molar-refractivity contribution is -0.136. The molecule has 50 heavy (non-hydrogen) atoms. The van der Waals surface area contributed by atoms with Crippen molar-refractivity contribution >= 4 is 12.1 Å². The van der Waals surface area contributed by atoms with Crippen molar-refractivity contribution in [2.45, 2.75) is 118 Å². The van der Waals surface area contributed by atoms with Gasteiger partial charge in [-0.05, 0) is 91.3 Å². The lowest BCUT2D eigenvalue weighted by Crippen LogP contribution is -2.51. The molecular formula is C39H54F5NO5. The van der Waals surface area contributed by atoms with Crippen LogP contribution in [0, 0.1) is 75.4 Å². The highest BCUT2D eigenvalue weighted by atomic mass is 19.2. The summed E-state index contributed by atoms with van der Waals surface area (Å²) < 4.78 is 82.6. The summed E-state index contributed by atoms with van der Waals surface area (Å²) in [6.45, 7) is 12.0. The Balaban J connectivity index is 1.03. The lowest BCUT2D eigenvalue weighted by atomic mass is 9.47. The number of carbonyl (C=O) groups is 2. The van der Waals surface area contributed by atoms with Crippen LogP contribution in [0.4, 0.5) is 26.7 Å². The first-order valence-electron chi connectivity index (χ1n) is 18.6. The molecule has 3 saturated carbocycles. The highest BCUT2D eigenvalue weighted by molar-refractivity contribution is 5.72. The van der Waals surface area contributed by atoms with E-state index >= 15 is 0 Å². The summed E-state index contributed by atoms with van der Waals surface area (Å²) in [5.41, 5.74) is 2.02. The van der Waals surface area contributed by atoms with Crippen molar-refractivity contribution in [3.05, 3.63) is 40.7 Å². The van der Waals surface area contributed by atoms with E-state index in [1.165, 1.54) is 50.5 Å². The maximum atomic E-state index is 13.7. The Morgan fingerprint density at radius 3 is 2.28 bits per heavy atom. The summed E-state index contributed by atoms with van der Waals surface area (Å²) in [5, 5.41) is 2.64. The predicted octanol–water partition coefficient (Wildman–Crippen LogP) is 9.83. The zero-order valence-corrected chi connectivity index (χ0v) is 30.2. The molecule has 0 bridgehead atoms. The van der Waals surface area contributed by atoms with Gasteiger partial charge in [0.1, 0.15) is 6.10 Å². The van der Waals surface area contributed by atoms with Gasteiger partial charge in [-0.25, -0.2) is 18.0 Å². The van der Waals surface area contributed by atoms with Crippen LogP contribution >= 0.6 is 0 Å². The largest absolute Gasteiger partial charge is 0.446 e. The molecular weight excluding hydrogens is 657 g/mol. The van der Waals surface area contributed by atoms with Crippen molar-refractivity contribution < 1.29 is 45.8 Å². The second-order valence-corrected chi connectivity index (χ2v) is 16.2. The molecule has 280 valence electrons. The van der Waals surface area contributed by atoms with Crippen LogP contribution in [0.25, 0.3) is 0 Å². The molecule has 0 unspecified atom stereocenters. The smallest absolute Gasteiger partial charge is 0.407 e. The Bertz CT molecular complexity index is 1410. The van der Waals surface area contributed by atoms with Crippen LogP contribution in [0.2, 0.25) is 0 Å². The Kier molecular flexibility index (Phi) is 12.3. The highest BCUT2D eigenvalue weighted by Gasteiger charge is 2.59. The fourth-order valence-corrected chi connectivity index (χ4v) is 10.3. The number of hydrogen-bond donors (Lipinski definition) is 1. The van der Waals surface area contributed by atoms with E-state index in [0.29, 0.717) is 11.3 Å². The van der Waals surface area contributed by atoms with E-state index < -0.39 is 53.3 Å². The number of ether oxygens (including phenoxy) is 3. The zero-order valence-electron chi connectivity index (χ0n) is 30.2. The molecule has 0 aromatic heterocycles. The van der Waals surface area contributed by atoms with Crippen LogP contribution in [-0.2, 0) is 14.3 Å². The molecule has 1 aromatic rings. The van der Waals surface area contributed by atoms with E-state index in [-0.39, 0.29) is 31.3 Å². The average Bonchev–Trinajstić information content (AvgIpc) is 3.43. The monoisotopic (exact) mass is 711 g/mol. The fraction of sp³-hybridized carbons (Fsp3) is 0.744. The second kappa shape index (κ2) is 15.9. The van der Waals surface area contributed by atoms with Gasteiger partial charge in [-0.15, -0.1) is 0 Å². The van der Waals surface area contributed by atoms with E-state index in [2.05, 4.69) is 50.7 Å². The Morgan fingerprint density at radius 1 is 0.880 bits per heavy atom. The minimum atomic E-state index is -2.35. The maximum Gasteiger partial charge on any atom is 0.407 e. The van der Waals surface area contributed by atoms with Crippen molar-refractivity contribution in [2.75, 3.05) is 19.8 Å². The summed E-state index contributed by atoms with van der Waals surface area (Å²) in [7, 11) is 0. The first kappa shape index (κ1) is 38.5. The maximum absolute atomic E-state index is 13.7. The third-order valence-electron chi connectivity index (χ3n) is 12.9. The van der Waals surface area contributed by atoms with E-state index in [4.69, 9.17) is 9.47 Å². The lowest BCUT2D eigenvalue weighted by Gasteiger charge is -2.58. The SMILES string of the molecule is CC(C)CCC[C@@H](C)[C@H]1CC[C@H]2[C@@H]3CC=C4C[C@@H](OC(=O)NCCOCCC(=O)Oc5c(F)c(F)c(F)c(F)c5F)CC[C@]4(C)[C@H]3CC[C@]12C. The number of fused-ring (bicyclic) bond motifs is 5. The molecule has 4 aliphatic carbocycles. The molecule has 0 radical (unpaired) electrons. The summed E-state index contributed by atoms with van der Waals surface area (Å²) in [6, 6.07) is 0. The molecule has 6 nitrogen and oxygen atoms in total. The quantitative estimate of drug-likeness (QED) is 0.0420. The molecule has 11 heteroatoms. The van der Waals surface area contributed by atoms with Gasteiger partial charge in [0.2, 0.25) is 34.8 Å². The topological polar surface area (TPSA) is 73.9 Å². The Labute approximate surface area is 293 Å². The molecule has 0 heterocycles. The molecule has 5 rings (SSSR count). The molecule has 1 aromatic carbocycles. The molecule has 0 spiro atoms. The molecule has 0 saturated heterocycles. The van der Waals surface area contributed by atoms with Crippen LogP contribution in [-0.4, -0.2) is 37.9 Å². The van der Waals surface area contributed by atoms with Gasteiger partial charge in [0.25, 0.3) is 0 Å². The first-order valence-corrected chi connectivity index (χ1v) is 18.6. The minimum Gasteiger partial charge on any atom is -0.446 e. The number of alkyl carbamates (subject to hydrolysis) is 1. The molecule has 1 N–H and O–H groups in total. The molecule has 1 amide bonds. The predicted molar refractivity (Wildman–Crippen MR) is 179 cm³/mol. The van der Waals surface area contributed by atoms with Crippen LogP contribution < -0.4 is 10.1 Å². The van der Waals surface area contributed by atoms with Crippen molar-refractivity contribution in [1.82, 2.24) is 5.32 Å². The van der Waals surface area contributed by atoms with Gasteiger partial charge in [-0.2, -0.15) is 8.78 Å². The van der Waals surface area contributed by atoms with Crippen LogP contribution in [0.3, 0.4) is 0 Å². The van der Waals surface area contributed by atoms with E-state index in [1.54, 1.807) is 0 Å². The normalized spacial score (nSPS) is 30.9. The molecule has 8 atom stereocenters. The summed E-state index contributed by atoms with van der Waals surface area (Å²) in [5.74, 6) is -9.56. The van der Waals surface area contributed by atoms with Crippen LogP contribution in [0.5, 0.6) is 5.75 Å². The zero-order chi connectivity index (χ0) is 36.4. The van der Waals surface area contributed by atoms with Gasteiger partial charge >= 0.3 is 12.1 Å². The van der Waals surface area contributed by atoms with E-state index in [0.717, 1.165) is 55.3 Å². The number of nitrogens with one attached hydrogen (secondary N) is 1. The number of allylic oxidation sites excluding steroid dienone is 1. The number of amides is 1. The summed E-state index contributed by atoms with van der Waals surface area (Å²) >= 11 is 0. The number of esters is 1. The third kappa shape index (κ3) is 7.87. The number of rotatable bonds is 13. The molecule has 0 aliphatic heterocycles. The third-order valence-corrected chi connectivity index (χ3v) is 12.9. The van der Waals surface area contributed by atoms with Gasteiger partial charge in [-0.3, -0.25) is 4.79 Å². The van der Waals surface area contributed by atoms with Gasteiger partial charge in [0.05, 0.1) is 19.6 Å². The van der Waals surface area contributed by atoms with Crippen LogP contribution in [0.15, 0.2) is 11.6 Å². The highest BCUT2D eigenvalue weighted by Crippen LogP contribution is 2.67. The van der Waals surface area contributed by atoms with Crippen molar-refractivity contribution in [3.8, 4) is 5.75 Å². The molecule has 3 fully saturated rings. The van der Waals surface area contributed by atoms with Crippen molar-refractivity contribution in [3.63, 3.8) is 0 Å². The number of benzene rings is 1. The Morgan fingerprint density at radius 2 is 1.58 bits per heavy atom. The van der Waals surface area contributed by atoms with Gasteiger partial charge in [0.15, 0.2) is 0 Å². The van der Waals surface area contributed by atoms with Crippen molar-refractivity contribution in [1.29, 1.82) is 0 Å². The van der Waals surface area contributed by atoms with Gasteiger partial charge < -0.3 is 19.5 Å². The molecule has 4 aliphatic rings. The van der Waals surface area contributed by atoms with E-state index in [1.807, 2.05) is 0 Å². The standard InChI is InChI=1S/C39H54F5NO5/c1-22(2)7-6-8-23(3)27-11-12-28-26-10-9-24-21-25(13-16-38(24,4)29(26)14-17-39(27,28)5)49-37(47)45-18-20-48-19-15-30(46)50-36-34(43)32(41)31(40)33(42)35(36)44/h9,22-23,25-29H,6-8,10-21H2,1-5H3,(H,45,47)/t23-,25+,26+,27-,28+,29+,38+,39-/m1/s1. The number of carbonyl (C=O) groups excluding carboxylic acids is 2. The average molecular weight is 712 g/mol. The Hall–Kier alpha value is -2.69. The fourth-order valence-electron chi connectivity index (χ4n) is 10.3.